The number of aliphatic hydroxyl groups excluding tert-OH is 1. The van der Waals surface area contributed by atoms with Crippen molar-refractivity contribution < 1.29 is 73.8 Å². The highest BCUT2D eigenvalue weighted by molar-refractivity contribution is 5.98. The van der Waals surface area contributed by atoms with Gasteiger partial charge in [-0.05, 0) is 85.5 Å². The highest BCUT2D eigenvalue weighted by atomic mass is 16.4. The molecule has 1 aliphatic rings. The predicted octanol–water partition coefficient (Wildman–Crippen LogP) is -0.754. The van der Waals surface area contributed by atoms with Crippen molar-refractivity contribution in [3.05, 3.63) is 108 Å². The van der Waals surface area contributed by atoms with Gasteiger partial charge in [-0.3, -0.25) is 43.8 Å². The minimum absolute atomic E-state index is 0.00272. The fourth-order valence-electron chi connectivity index (χ4n) is 9.40. The van der Waals surface area contributed by atoms with Crippen LogP contribution in [-0.2, 0) is 62.4 Å². The minimum atomic E-state index is -1.51. The number of phenols is 3. The fraction of sp³-hybridized carbons (Fsp3) is 0.475. The first-order valence-electron chi connectivity index (χ1n) is 28.8. The van der Waals surface area contributed by atoms with Crippen LogP contribution < -0.4 is 54.0 Å². The lowest BCUT2D eigenvalue weighted by Gasteiger charge is -2.32. The average molecular weight is 1230 g/mol. The number of amides is 7. The Hall–Kier alpha value is -9.35. The standard InChI is InChI=1S/C50H71N13O12.C9H13NO3/c1-5-28(4)41(47(72)59-36(23-31-25-54-26-56-31)48(73)63-20-10-14-38(63)45(70)60-37(49(74)75)22-29-11-7-6-8-12-29)62-44(69)35(21-30-15-17-32(64)18-16-30)58-46(71)40(27(2)3)61-43(68)34(13-9-19-55-50(52)53)57-42(67)33(51)24-39(65)66;1-10-5-9(13)6-2-3-7(11)8(12)4-6/h6-8,11-12,15-18,25-28,33-38,40-41,64H,5,9-10,13-14,19-24,51H2,1-4H3,(H,54,56)(H,57,67)(H,58,71)(H,59,72)(H,60,70)(H,61,68)(H,62,69)(H,65,66)(H,74,75)(H4,52,53,55);2-4,9-13H,5H2,1H3/t28-,33-,34-,35-,36-,37-,38-,40-,41-;9-/m00/s1. The second-order valence-electron chi connectivity index (χ2n) is 21.7. The summed E-state index contributed by atoms with van der Waals surface area (Å²) >= 11 is 0. The number of aliphatic hydroxyl groups is 1. The van der Waals surface area contributed by atoms with Crippen LogP contribution in [0.4, 0.5) is 0 Å². The van der Waals surface area contributed by atoms with Crippen molar-refractivity contribution in [1.29, 1.82) is 5.41 Å². The number of aromatic amines is 1. The number of hydrogen-bond acceptors (Lipinski definition) is 17. The van der Waals surface area contributed by atoms with Gasteiger partial charge in [0.2, 0.25) is 41.4 Å². The van der Waals surface area contributed by atoms with Crippen molar-refractivity contribution in [1.82, 2.24) is 57.4 Å². The number of hydrogen-bond donors (Lipinski definition) is 18. The van der Waals surface area contributed by atoms with E-state index >= 15 is 0 Å². The molecule has 2 heterocycles. The zero-order chi connectivity index (χ0) is 65.2. The third kappa shape index (κ3) is 22.8. The second kappa shape index (κ2) is 35.3. The van der Waals surface area contributed by atoms with E-state index in [1.165, 1.54) is 53.8 Å². The van der Waals surface area contributed by atoms with Gasteiger partial charge in [0.15, 0.2) is 17.5 Å². The van der Waals surface area contributed by atoms with Gasteiger partial charge in [-0.25, -0.2) is 9.78 Å². The molecule has 29 nitrogen and oxygen atoms in total. The predicted molar refractivity (Wildman–Crippen MR) is 321 cm³/mol. The number of phenolic OH excluding ortho intramolecular Hbond substituents is 3. The Morgan fingerprint density at radius 1 is 0.739 bits per heavy atom. The van der Waals surface area contributed by atoms with E-state index in [1.54, 1.807) is 71.1 Å². The average Bonchev–Trinajstić information content (AvgIpc) is 4.31. The maximum absolute atomic E-state index is 14.6. The number of likely N-dealkylation sites (N-methyl/N-ethyl adjacent to an activating group) is 1. The van der Waals surface area contributed by atoms with Crippen LogP contribution in [0.5, 0.6) is 17.2 Å². The number of nitrogens with one attached hydrogen (secondary N) is 10. The van der Waals surface area contributed by atoms with Crippen LogP contribution in [0.1, 0.15) is 94.7 Å². The molecule has 3 aromatic carbocycles. The number of H-pyrrole nitrogens is 1. The van der Waals surface area contributed by atoms with Gasteiger partial charge in [-0.2, -0.15) is 0 Å². The van der Waals surface area contributed by atoms with Crippen molar-refractivity contribution in [2.24, 2.45) is 23.3 Å². The molecule has 0 aliphatic carbocycles. The number of carboxylic acids is 2. The van der Waals surface area contributed by atoms with Crippen molar-refractivity contribution in [2.75, 3.05) is 26.7 Å². The molecule has 1 aromatic heterocycles. The normalized spacial score (nSPS) is 15.8. The molecule has 0 unspecified atom stereocenters. The molecule has 7 amide bonds. The smallest absolute Gasteiger partial charge is 0.326 e. The molecular formula is C59H84N14O15. The summed E-state index contributed by atoms with van der Waals surface area (Å²) in [5.41, 5.74) is 13.3. The molecule has 4 aromatic rings. The number of aromatic hydroxyl groups is 3. The number of carbonyl (C=O) groups is 9. The van der Waals surface area contributed by atoms with Gasteiger partial charge in [-0.15, -0.1) is 0 Å². The molecule has 1 saturated heterocycles. The summed E-state index contributed by atoms with van der Waals surface area (Å²) < 4.78 is 0. The molecular weight excluding hydrogens is 1140 g/mol. The molecule has 10 atom stereocenters. The molecule has 5 rings (SSSR count). The SMILES string of the molecule is CC[C@H](C)[C@H](NC(=O)[C@H](Cc1ccc(O)cc1)NC(=O)[C@@H](NC(=O)[C@H](CCCNC(=N)N)NC(=O)[C@@H](N)CC(=O)O)C(C)C)C(=O)N[C@@H](Cc1cnc[nH]1)C(=O)N1CCC[C@H]1C(=O)N[C@@H](Cc1ccccc1)C(=O)O.CNC[C@H](O)c1ccc(O)c(O)c1. The zero-order valence-corrected chi connectivity index (χ0v) is 49.8. The van der Waals surface area contributed by atoms with Gasteiger partial charge < -0.3 is 94.5 Å². The van der Waals surface area contributed by atoms with Crippen molar-refractivity contribution in [2.45, 2.75) is 140 Å². The van der Waals surface area contributed by atoms with E-state index in [1.807, 2.05) is 0 Å². The van der Waals surface area contributed by atoms with Gasteiger partial charge in [0.1, 0.15) is 48.0 Å². The number of likely N-dealkylation sites (tertiary alicyclic amines) is 1. The molecule has 0 radical (unpaired) electrons. The van der Waals surface area contributed by atoms with E-state index in [2.05, 4.69) is 52.5 Å². The molecule has 0 saturated carbocycles. The van der Waals surface area contributed by atoms with Crippen LogP contribution in [0.25, 0.3) is 0 Å². The van der Waals surface area contributed by atoms with E-state index in [4.69, 9.17) is 32.2 Å². The van der Waals surface area contributed by atoms with E-state index in [0.29, 0.717) is 41.8 Å². The lowest BCUT2D eigenvalue weighted by Crippen LogP contribution is -2.62. The van der Waals surface area contributed by atoms with Crippen LogP contribution in [0, 0.1) is 17.2 Å². The van der Waals surface area contributed by atoms with Gasteiger partial charge in [0, 0.05) is 50.8 Å². The summed E-state index contributed by atoms with van der Waals surface area (Å²) in [7, 11) is 1.73. The Kier molecular flexibility index (Phi) is 28.6. The summed E-state index contributed by atoms with van der Waals surface area (Å²) in [5, 5.41) is 85.5. The Morgan fingerprint density at radius 2 is 1.35 bits per heavy atom. The summed E-state index contributed by atoms with van der Waals surface area (Å²) in [6, 6.07) is 8.20. The number of imidazole rings is 1. The van der Waals surface area contributed by atoms with Crippen LogP contribution in [0.3, 0.4) is 0 Å². The molecule has 0 bridgehead atoms. The maximum atomic E-state index is 14.6. The fourth-order valence-corrected chi connectivity index (χ4v) is 9.40. The lowest BCUT2D eigenvalue weighted by atomic mass is 9.96. The van der Waals surface area contributed by atoms with Gasteiger partial charge in [-0.1, -0.05) is 82.6 Å². The monoisotopic (exact) mass is 1230 g/mol. The molecule has 20 N–H and O–H groups in total. The Balaban J connectivity index is 0.00000112. The number of carboxylic acid groups (broad SMARTS) is 2. The number of nitrogens with two attached hydrogens (primary N) is 2. The van der Waals surface area contributed by atoms with Crippen LogP contribution >= 0.6 is 0 Å². The first-order chi connectivity index (χ1) is 41.7. The van der Waals surface area contributed by atoms with Gasteiger partial charge in [0.25, 0.3) is 0 Å². The van der Waals surface area contributed by atoms with Gasteiger partial charge >= 0.3 is 11.9 Å². The quantitative estimate of drug-likeness (QED) is 0.0124. The molecule has 480 valence electrons. The van der Waals surface area contributed by atoms with Gasteiger partial charge in [0.05, 0.1) is 24.9 Å². The molecule has 0 spiro atoms. The van der Waals surface area contributed by atoms with E-state index in [-0.39, 0.29) is 74.8 Å². The number of aliphatic carboxylic acids is 2. The topological polar surface area (TPSA) is 479 Å². The molecule has 29 heteroatoms. The molecule has 88 heavy (non-hydrogen) atoms. The van der Waals surface area contributed by atoms with E-state index in [0.717, 1.165) is 0 Å². The largest absolute Gasteiger partial charge is 0.508 e. The summed E-state index contributed by atoms with van der Waals surface area (Å²) in [5.74, 6) is -10.2. The zero-order valence-electron chi connectivity index (χ0n) is 49.8. The summed E-state index contributed by atoms with van der Waals surface area (Å²) in [6.45, 7) is 7.37. The number of guanidine groups is 1. The highest BCUT2D eigenvalue weighted by Gasteiger charge is 2.41. The maximum Gasteiger partial charge on any atom is 0.326 e. The van der Waals surface area contributed by atoms with E-state index < -0.39 is 126 Å². The third-order valence-electron chi connectivity index (χ3n) is 14.5. The van der Waals surface area contributed by atoms with Crippen molar-refractivity contribution >= 4 is 59.2 Å². The third-order valence-corrected chi connectivity index (χ3v) is 14.5. The van der Waals surface area contributed by atoms with E-state index in [9.17, 15) is 58.5 Å². The number of benzene rings is 3. The highest BCUT2D eigenvalue weighted by Crippen LogP contribution is 2.28. The first-order valence-corrected chi connectivity index (χ1v) is 28.8. The van der Waals surface area contributed by atoms with Crippen LogP contribution in [0.15, 0.2) is 85.3 Å². The summed E-state index contributed by atoms with van der Waals surface area (Å²) in [6.07, 6.45) is 2.26. The van der Waals surface area contributed by atoms with Crippen molar-refractivity contribution in [3.8, 4) is 17.2 Å². The minimum Gasteiger partial charge on any atom is -0.508 e. The Morgan fingerprint density at radius 3 is 1.94 bits per heavy atom. The second-order valence-corrected chi connectivity index (χ2v) is 21.7. The Labute approximate surface area is 509 Å². The van der Waals surface area contributed by atoms with Crippen LogP contribution in [0.2, 0.25) is 0 Å². The number of aromatic nitrogens is 2. The number of carbonyl (C=O) groups excluding carboxylic acids is 7. The number of nitrogens with zero attached hydrogens (tertiary/aromatic N) is 2. The summed E-state index contributed by atoms with van der Waals surface area (Å²) in [4.78, 5) is 130. The van der Waals surface area contributed by atoms with Crippen LogP contribution in [-0.4, -0.2) is 180 Å². The molecule has 1 fully saturated rings. The Bertz CT molecular complexity index is 2970. The molecule has 1 aliphatic heterocycles. The first kappa shape index (κ1) is 71.1. The van der Waals surface area contributed by atoms with Crippen molar-refractivity contribution in [3.63, 3.8) is 0 Å². The lowest BCUT2D eigenvalue weighted by molar-refractivity contribution is -0.145. The number of rotatable bonds is 32.